The number of ketones is 1. The molecule has 5 N–H and O–H groups in total. The van der Waals surface area contributed by atoms with Crippen molar-refractivity contribution in [1.29, 1.82) is 0 Å². The number of carbonyl (C=O) groups is 1. The van der Waals surface area contributed by atoms with E-state index in [1.165, 1.54) is 6.92 Å². The number of nitrogens with zero attached hydrogens (tertiary/aromatic N) is 1. The SMILES string of the molecule is CC(=O)c1csc(NC2OC(CO)C(O)C(O)C2O)n1. The van der Waals surface area contributed by atoms with Gasteiger partial charge in [-0.15, -0.1) is 11.3 Å². The van der Waals surface area contributed by atoms with Crippen LogP contribution in [-0.2, 0) is 4.74 Å². The fourth-order valence-electron chi connectivity index (χ4n) is 1.84. The van der Waals surface area contributed by atoms with E-state index in [0.29, 0.717) is 5.13 Å². The summed E-state index contributed by atoms with van der Waals surface area (Å²) < 4.78 is 5.26. The number of aromatic nitrogens is 1. The van der Waals surface area contributed by atoms with Crippen LogP contribution in [0, 0.1) is 0 Å². The van der Waals surface area contributed by atoms with Gasteiger partial charge in [0, 0.05) is 12.3 Å². The number of thiazole rings is 1. The van der Waals surface area contributed by atoms with Crippen LogP contribution in [0.15, 0.2) is 5.38 Å². The third-order valence-electron chi connectivity index (χ3n) is 3.02. The molecule has 5 atom stereocenters. The number of carbonyl (C=O) groups excluding carboxylic acids is 1. The molecule has 1 aromatic heterocycles. The molecule has 0 radical (unpaired) electrons. The first-order chi connectivity index (χ1) is 9.43. The van der Waals surface area contributed by atoms with Crippen LogP contribution >= 0.6 is 11.3 Å². The first-order valence-electron chi connectivity index (χ1n) is 5.97. The van der Waals surface area contributed by atoms with Crippen molar-refractivity contribution in [1.82, 2.24) is 4.98 Å². The zero-order valence-electron chi connectivity index (χ0n) is 10.6. The zero-order chi connectivity index (χ0) is 14.9. The highest BCUT2D eigenvalue weighted by molar-refractivity contribution is 7.13. The minimum Gasteiger partial charge on any atom is -0.394 e. The van der Waals surface area contributed by atoms with Gasteiger partial charge in [0.25, 0.3) is 0 Å². The van der Waals surface area contributed by atoms with E-state index in [1.54, 1.807) is 5.38 Å². The lowest BCUT2D eigenvalue weighted by Gasteiger charge is -2.40. The molecular weight excluding hydrogens is 288 g/mol. The smallest absolute Gasteiger partial charge is 0.185 e. The van der Waals surface area contributed by atoms with E-state index in [9.17, 15) is 20.1 Å². The van der Waals surface area contributed by atoms with Crippen LogP contribution in [0.4, 0.5) is 5.13 Å². The van der Waals surface area contributed by atoms with Crippen molar-refractivity contribution in [3.63, 3.8) is 0 Å². The minimum atomic E-state index is -1.45. The topological polar surface area (TPSA) is 132 Å². The lowest BCUT2D eigenvalue weighted by atomic mass is 9.98. The van der Waals surface area contributed by atoms with E-state index in [2.05, 4.69) is 10.3 Å². The lowest BCUT2D eigenvalue weighted by molar-refractivity contribution is -0.221. The fourth-order valence-corrected chi connectivity index (χ4v) is 2.62. The summed E-state index contributed by atoms with van der Waals surface area (Å²) in [6.07, 6.45) is -6.28. The summed E-state index contributed by atoms with van der Waals surface area (Å²) >= 11 is 1.14. The Bertz CT molecular complexity index is 479. The van der Waals surface area contributed by atoms with Crippen LogP contribution in [0.3, 0.4) is 0 Å². The summed E-state index contributed by atoms with van der Waals surface area (Å²) in [6.45, 7) is 0.881. The van der Waals surface area contributed by atoms with E-state index < -0.39 is 37.3 Å². The number of aliphatic hydroxyl groups excluding tert-OH is 4. The van der Waals surface area contributed by atoms with Gasteiger partial charge in [-0.3, -0.25) is 4.79 Å². The molecule has 8 nitrogen and oxygen atoms in total. The van der Waals surface area contributed by atoms with Gasteiger partial charge in [-0.1, -0.05) is 0 Å². The lowest BCUT2D eigenvalue weighted by Crippen LogP contribution is -2.60. The Morgan fingerprint density at radius 1 is 1.40 bits per heavy atom. The van der Waals surface area contributed by atoms with Crippen LogP contribution in [-0.4, -0.2) is 68.4 Å². The molecule has 0 bridgehead atoms. The van der Waals surface area contributed by atoms with E-state index in [0.717, 1.165) is 11.3 Å². The minimum absolute atomic E-state index is 0.192. The molecular formula is C11H16N2O6S. The highest BCUT2D eigenvalue weighted by Crippen LogP contribution is 2.24. The zero-order valence-corrected chi connectivity index (χ0v) is 11.4. The molecule has 1 aliphatic heterocycles. The molecule has 112 valence electrons. The average molecular weight is 304 g/mol. The van der Waals surface area contributed by atoms with E-state index >= 15 is 0 Å². The Morgan fingerprint density at radius 3 is 2.65 bits per heavy atom. The number of hydrogen-bond acceptors (Lipinski definition) is 9. The Kier molecular flexibility index (Phi) is 4.68. The van der Waals surface area contributed by atoms with Gasteiger partial charge in [0.05, 0.1) is 6.61 Å². The maximum Gasteiger partial charge on any atom is 0.185 e. The molecule has 1 aliphatic rings. The number of hydrogen-bond donors (Lipinski definition) is 5. The third kappa shape index (κ3) is 2.97. The van der Waals surface area contributed by atoms with Gasteiger partial charge in [0.2, 0.25) is 0 Å². The predicted molar refractivity (Wildman–Crippen MR) is 69.5 cm³/mol. The van der Waals surface area contributed by atoms with Crippen LogP contribution in [0.25, 0.3) is 0 Å². The van der Waals surface area contributed by atoms with Gasteiger partial charge in [0.1, 0.15) is 30.1 Å². The van der Waals surface area contributed by atoms with Crippen LogP contribution in [0.5, 0.6) is 0 Å². The highest BCUT2D eigenvalue weighted by Gasteiger charge is 2.43. The second-order valence-electron chi connectivity index (χ2n) is 4.49. The van der Waals surface area contributed by atoms with Crippen molar-refractivity contribution in [2.45, 2.75) is 37.6 Å². The van der Waals surface area contributed by atoms with Gasteiger partial charge in [-0.2, -0.15) is 0 Å². The largest absolute Gasteiger partial charge is 0.394 e. The Balaban J connectivity index is 2.08. The second-order valence-corrected chi connectivity index (χ2v) is 5.35. The monoisotopic (exact) mass is 304 g/mol. The molecule has 0 aromatic carbocycles. The van der Waals surface area contributed by atoms with E-state index in [4.69, 9.17) is 9.84 Å². The number of anilines is 1. The molecule has 0 saturated carbocycles. The molecule has 1 saturated heterocycles. The standard InChI is InChI=1S/C11H16N2O6S/c1-4(15)5-3-20-11(12-5)13-10-9(18)8(17)7(16)6(2-14)19-10/h3,6-10,14,16-18H,2H2,1H3,(H,12,13). The molecule has 5 unspecified atom stereocenters. The summed E-state index contributed by atoms with van der Waals surface area (Å²) in [7, 11) is 0. The summed E-state index contributed by atoms with van der Waals surface area (Å²) in [5.74, 6) is -0.192. The molecule has 0 aliphatic carbocycles. The summed E-state index contributed by atoms with van der Waals surface area (Å²) in [5.41, 5.74) is 0.280. The van der Waals surface area contributed by atoms with Gasteiger partial charge >= 0.3 is 0 Å². The number of Topliss-reactive ketones (excluding diaryl/α,β-unsaturated/α-hetero) is 1. The van der Waals surface area contributed by atoms with Crippen molar-refractivity contribution >= 4 is 22.3 Å². The molecule has 0 spiro atoms. The molecule has 0 amide bonds. The Hall–Kier alpha value is -1.10. The number of rotatable bonds is 4. The van der Waals surface area contributed by atoms with Crippen molar-refractivity contribution in [3.8, 4) is 0 Å². The average Bonchev–Trinajstić information content (AvgIpc) is 2.88. The number of aliphatic hydroxyl groups is 4. The maximum atomic E-state index is 11.1. The third-order valence-corrected chi connectivity index (χ3v) is 3.80. The van der Waals surface area contributed by atoms with E-state index in [-0.39, 0.29) is 11.5 Å². The molecule has 1 aromatic rings. The highest BCUT2D eigenvalue weighted by atomic mass is 32.1. The van der Waals surface area contributed by atoms with Crippen LogP contribution in [0.1, 0.15) is 17.4 Å². The first-order valence-corrected chi connectivity index (χ1v) is 6.85. The first kappa shape index (κ1) is 15.3. The maximum absolute atomic E-state index is 11.1. The van der Waals surface area contributed by atoms with Crippen molar-refractivity contribution in [3.05, 3.63) is 11.1 Å². The summed E-state index contributed by atoms with van der Waals surface area (Å²) in [5, 5.41) is 42.8. The normalized spacial score (nSPS) is 34.0. The fraction of sp³-hybridized carbons (Fsp3) is 0.636. The van der Waals surface area contributed by atoms with Gasteiger partial charge in [0.15, 0.2) is 17.1 Å². The van der Waals surface area contributed by atoms with Gasteiger partial charge < -0.3 is 30.5 Å². The van der Waals surface area contributed by atoms with Crippen LogP contribution < -0.4 is 5.32 Å². The molecule has 20 heavy (non-hydrogen) atoms. The van der Waals surface area contributed by atoms with Crippen molar-refractivity contribution in [2.75, 3.05) is 11.9 Å². The van der Waals surface area contributed by atoms with Gasteiger partial charge in [-0.05, 0) is 0 Å². The summed E-state index contributed by atoms with van der Waals surface area (Å²) in [4.78, 5) is 15.1. The quantitative estimate of drug-likeness (QED) is 0.427. The molecule has 9 heteroatoms. The molecule has 2 rings (SSSR count). The second kappa shape index (κ2) is 6.12. The Labute approximate surface area is 118 Å². The number of nitrogens with one attached hydrogen (secondary N) is 1. The molecule has 1 fully saturated rings. The van der Waals surface area contributed by atoms with E-state index in [1.807, 2.05) is 0 Å². The molecule has 2 heterocycles. The predicted octanol–water partition coefficient (Wildman–Crippen LogP) is -1.44. The van der Waals surface area contributed by atoms with Crippen molar-refractivity contribution in [2.24, 2.45) is 0 Å². The summed E-state index contributed by atoms with van der Waals surface area (Å²) in [6, 6.07) is 0. The number of ether oxygens (including phenoxy) is 1. The van der Waals surface area contributed by atoms with Gasteiger partial charge in [-0.25, -0.2) is 4.98 Å². The van der Waals surface area contributed by atoms with Crippen molar-refractivity contribution < 1.29 is 30.0 Å². The van der Waals surface area contributed by atoms with Crippen LogP contribution in [0.2, 0.25) is 0 Å². The Morgan fingerprint density at radius 2 is 2.10 bits per heavy atom.